The van der Waals surface area contributed by atoms with Crippen molar-refractivity contribution in [2.75, 3.05) is 7.05 Å². The number of benzene rings is 2. The number of phenolic OH excluding ortho intramolecular Hbond substituents is 1. The molecule has 0 spiro atoms. The van der Waals surface area contributed by atoms with Crippen LogP contribution in [0.25, 0.3) is 0 Å². The van der Waals surface area contributed by atoms with Gasteiger partial charge in [0.15, 0.2) is 9.75 Å². The molecule has 2 aliphatic heterocycles. The average molecular weight is 623 g/mol. The Morgan fingerprint density at radius 3 is 2.36 bits per heavy atom. The maximum Gasteiger partial charge on any atom is 0.573 e. The lowest BCUT2D eigenvalue weighted by molar-refractivity contribution is -0.274. The minimum atomic E-state index is -5.06. The Labute approximate surface area is 247 Å². The Morgan fingerprint density at radius 1 is 1.00 bits per heavy atom. The van der Waals surface area contributed by atoms with Crippen molar-refractivity contribution in [1.82, 2.24) is 9.80 Å². The van der Waals surface area contributed by atoms with E-state index in [0.717, 1.165) is 33.6 Å². The van der Waals surface area contributed by atoms with Crippen LogP contribution >= 0.6 is 23.2 Å². The van der Waals surface area contributed by atoms with Crippen molar-refractivity contribution in [3.63, 3.8) is 0 Å². The molecule has 0 aromatic heterocycles. The van der Waals surface area contributed by atoms with Crippen LogP contribution in [0.3, 0.4) is 0 Å². The lowest BCUT2D eigenvalue weighted by Crippen LogP contribution is -2.60. The highest BCUT2D eigenvalue weighted by Crippen LogP contribution is 2.66. The van der Waals surface area contributed by atoms with Crippen LogP contribution in [0.1, 0.15) is 29.9 Å². The molecule has 6 atom stereocenters. The summed E-state index contributed by atoms with van der Waals surface area (Å²) >= 11 is 14.0. The Morgan fingerprint density at radius 2 is 1.69 bits per heavy atom. The number of ether oxygens (including phenoxy) is 1. The molecule has 1 saturated carbocycles. The largest absolute Gasteiger partial charge is 0.573 e. The van der Waals surface area contributed by atoms with Crippen LogP contribution < -0.4 is 4.74 Å². The second-order valence-electron chi connectivity index (χ2n) is 11.0. The lowest BCUT2D eigenvalue weighted by atomic mass is 9.56. The molecule has 2 heterocycles. The molecule has 2 aliphatic carbocycles. The molecule has 0 bridgehead atoms. The number of likely N-dealkylation sites (tertiary alicyclic amines) is 2. The van der Waals surface area contributed by atoms with Crippen molar-refractivity contribution in [1.29, 1.82) is 0 Å². The smallest absolute Gasteiger partial charge is 0.508 e. The highest BCUT2D eigenvalue weighted by molar-refractivity contribution is 6.53. The molecule has 13 heteroatoms. The SMILES string of the molecule is CN1C(=O)C2(Cl)CC3C(=CCC4C(=O)N(Cc5ccccc5)C(=O)C43)C(c3cc(OC(F)(F)F)ccc3O)C2(Cl)C1=O. The van der Waals surface area contributed by atoms with Gasteiger partial charge in [-0.3, -0.25) is 29.0 Å². The first-order valence-electron chi connectivity index (χ1n) is 13.1. The number of fused-ring (bicyclic) bond motifs is 4. The topological polar surface area (TPSA) is 104 Å². The maximum atomic E-state index is 13.9. The zero-order valence-electron chi connectivity index (χ0n) is 21.9. The van der Waals surface area contributed by atoms with E-state index in [-0.39, 0.29) is 24.9 Å². The van der Waals surface area contributed by atoms with E-state index in [1.165, 1.54) is 7.05 Å². The summed E-state index contributed by atoms with van der Waals surface area (Å²) in [5.41, 5.74) is 0.826. The van der Waals surface area contributed by atoms with Crippen LogP contribution in [0, 0.1) is 17.8 Å². The van der Waals surface area contributed by atoms with Crippen molar-refractivity contribution < 1.29 is 42.2 Å². The number of nitrogens with zero attached hydrogens (tertiary/aromatic N) is 2. The molecule has 4 aliphatic rings. The summed E-state index contributed by atoms with van der Waals surface area (Å²) in [6.07, 6.45) is -3.65. The zero-order chi connectivity index (χ0) is 30.4. The number of phenols is 1. The van der Waals surface area contributed by atoms with Gasteiger partial charge in [-0.25, -0.2) is 0 Å². The van der Waals surface area contributed by atoms with Crippen molar-refractivity contribution in [2.24, 2.45) is 17.8 Å². The first-order chi connectivity index (χ1) is 19.7. The minimum Gasteiger partial charge on any atom is -0.508 e. The Kier molecular flexibility index (Phi) is 6.44. The van der Waals surface area contributed by atoms with Gasteiger partial charge >= 0.3 is 6.36 Å². The number of alkyl halides is 5. The maximum absolute atomic E-state index is 13.9. The monoisotopic (exact) mass is 622 g/mol. The van der Waals surface area contributed by atoms with E-state index < -0.39 is 74.9 Å². The van der Waals surface area contributed by atoms with Crippen LogP contribution in [0.5, 0.6) is 11.5 Å². The fraction of sp³-hybridized carbons (Fsp3) is 0.379. The van der Waals surface area contributed by atoms with Crippen LogP contribution in [0.15, 0.2) is 60.2 Å². The molecule has 0 radical (unpaired) electrons. The van der Waals surface area contributed by atoms with E-state index in [1.807, 2.05) is 0 Å². The van der Waals surface area contributed by atoms with Gasteiger partial charge in [-0.05, 0) is 42.5 Å². The number of aromatic hydroxyl groups is 1. The summed E-state index contributed by atoms with van der Waals surface area (Å²) in [5.74, 6) is -7.93. The second-order valence-corrected chi connectivity index (χ2v) is 12.3. The van der Waals surface area contributed by atoms with Gasteiger partial charge in [0.1, 0.15) is 11.5 Å². The van der Waals surface area contributed by atoms with E-state index in [2.05, 4.69) is 4.74 Å². The third kappa shape index (κ3) is 3.96. The Balaban J connectivity index is 1.49. The number of halogens is 5. The van der Waals surface area contributed by atoms with Gasteiger partial charge in [-0.1, -0.05) is 42.0 Å². The van der Waals surface area contributed by atoms with Gasteiger partial charge < -0.3 is 9.84 Å². The van der Waals surface area contributed by atoms with E-state index in [9.17, 15) is 37.5 Å². The molecule has 6 rings (SSSR count). The number of allylic oxidation sites excluding steroid dienone is 2. The minimum absolute atomic E-state index is 0.0280. The predicted molar refractivity (Wildman–Crippen MR) is 142 cm³/mol. The van der Waals surface area contributed by atoms with E-state index in [0.29, 0.717) is 5.57 Å². The average Bonchev–Trinajstić information content (AvgIpc) is 3.24. The molecular formula is C29H23Cl2F3N2O6. The number of carbonyl (C=O) groups excluding carboxylic acids is 4. The summed E-state index contributed by atoms with van der Waals surface area (Å²) in [6.45, 7) is 0.0280. The summed E-state index contributed by atoms with van der Waals surface area (Å²) in [6, 6.07) is 11.6. The molecule has 1 N–H and O–H groups in total. The normalized spacial score (nSPS) is 32.5. The Hall–Kier alpha value is -3.57. The van der Waals surface area contributed by atoms with Gasteiger partial charge in [0.2, 0.25) is 11.8 Å². The number of hydrogen-bond donors (Lipinski definition) is 1. The van der Waals surface area contributed by atoms with Gasteiger partial charge in [-0.2, -0.15) is 0 Å². The van der Waals surface area contributed by atoms with E-state index in [1.54, 1.807) is 36.4 Å². The number of hydrogen-bond acceptors (Lipinski definition) is 6. The third-order valence-electron chi connectivity index (χ3n) is 8.83. The summed E-state index contributed by atoms with van der Waals surface area (Å²) in [7, 11) is 1.18. The molecule has 2 aromatic carbocycles. The third-order valence-corrected chi connectivity index (χ3v) is 10.2. The Bertz CT molecular complexity index is 1570. The first kappa shape index (κ1) is 28.5. The standard InChI is InChI=1S/C29H23Cl2F3N2O6/c1-35-25(40)27(30)12-19-16(8-9-17-21(19)24(39)36(23(17)38)13-14-5-3-2-4-6-14)22(28(27,31)26(35)41)18-11-15(7-10-20(18)37)42-29(32,33)34/h2-8,10-11,17,19,21-22,37H,9,12-13H2,1H3. The molecule has 220 valence electrons. The van der Waals surface area contributed by atoms with Crippen LogP contribution in [0.4, 0.5) is 13.2 Å². The highest BCUT2D eigenvalue weighted by Gasteiger charge is 2.76. The summed E-state index contributed by atoms with van der Waals surface area (Å²) in [4.78, 5) is 51.9. The fourth-order valence-corrected chi connectivity index (χ4v) is 8.05. The van der Waals surface area contributed by atoms with Crippen molar-refractivity contribution >= 4 is 46.8 Å². The van der Waals surface area contributed by atoms with E-state index >= 15 is 0 Å². The number of amides is 4. The molecule has 4 amide bonds. The first-order valence-corrected chi connectivity index (χ1v) is 13.8. The molecule has 8 nitrogen and oxygen atoms in total. The van der Waals surface area contributed by atoms with Gasteiger partial charge in [-0.15, -0.1) is 36.4 Å². The van der Waals surface area contributed by atoms with Crippen LogP contribution in [0.2, 0.25) is 0 Å². The lowest BCUT2D eigenvalue weighted by Gasteiger charge is -2.50. The molecule has 2 aromatic rings. The number of imide groups is 2. The molecule has 6 unspecified atom stereocenters. The molecular weight excluding hydrogens is 600 g/mol. The molecule has 3 fully saturated rings. The fourth-order valence-electron chi connectivity index (χ4n) is 7.04. The second kappa shape index (κ2) is 9.47. The molecule has 2 saturated heterocycles. The quantitative estimate of drug-likeness (QED) is 0.306. The van der Waals surface area contributed by atoms with Gasteiger partial charge in [0.25, 0.3) is 11.8 Å². The highest BCUT2D eigenvalue weighted by atomic mass is 35.5. The van der Waals surface area contributed by atoms with Crippen LogP contribution in [-0.4, -0.2) is 61.7 Å². The number of rotatable bonds is 4. The predicted octanol–water partition coefficient (Wildman–Crippen LogP) is 4.48. The van der Waals surface area contributed by atoms with Crippen molar-refractivity contribution in [3.05, 3.63) is 71.3 Å². The van der Waals surface area contributed by atoms with Gasteiger partial charge in [0.05, 0.1) is 18.4 Å². The van der Waals surface area contributed by atoms with Crippen molar-refractivity contribution in [2.45, 2.75) is 41.4 Å². The summed E-state index contributed by atoms with van der Waals surface area (Å²) in [5, 5.41) is 10.9. The summed E-state index contributed by atoms with van der Waals surface area (Å²) < 4.78 is 43.4. The van der Waals surface area contributed by atoms with Gasteiger partial charge in [0, 0.05) is 18.5 Å². The van der Waals surface area contributed by atoms with Crippen molar-refractivity contribution in [3.8, 4) is 11.5 Å². The molecule has 42 heavy (non-hydrogen) atoms. The van der Waals surface area contributed by atoms with E-state index in [4.69, 9.17) is 23.2 Å². The van der Waals surface area contributed by atoms with Crippen LogP contribution in [-0.2, 0) is 25.7 Å². The number of carbonyl (C=O) groups is 4. The zero-order valence-corrected chi connectivity index (χ0v) is 23.4.